The van der Waals surface area contributed by atoms with E-state index < -0.39 is 0 Å². The second-order valence-electron chi connectivity index (χ2n) is 7.49. The Balaban J connectivity index is 1.81. The summed E-state index contributed by atoms with van der Waals surface area (Å²) < 4.78 is 0. The highest BCUT2D eigenvalue weighted by molar-refractivity contribution is 4.84. The van der Waals surface area contributed by atoms with Crippen LogP contribution in [-0.2, 0) is 0 Å². The van der Waals surface area contributed by atoms with Crippen molar-refractivity contribution in [3.8, 4) is 0 Å². The van der Waals surface area contributed by atoms with Gasteiger partial charge in [-0.25, -0.2) is 0 Å². The van der Waals surface area contributed by atoms with Gasteiger partial charge >= 0.3 is 0 Å². The molecular weight excluding hydrogens is 242 g/mol. The van der Waals surface area contributed by atoms with Crippen LogP contribution in [0.4, 0.5) is 0 Å². The van der Waals surface area contributed by atoms with Gasteiger partial charge in [-0.2, -0.15) is 0 Å². The lowest BCUT2D eigenvalue weighted by Crippen LogP contribution is -2.30. The number of hydrogen-bond donors (Lipinski definition) is 1. The van der Waals surface area contributed by atoms with Gasteiger partial charge in [0, 0.05) is 6.04 Å². The van der Waals surface area contributed by atoms with Gasteiger partial charge in [-0.1, -0.05) is 65.2 Å². The third-order valence-electron chi connectivity index (χ3n) is 5.74. The number of nitrogens with one attached hydrogen (secondary N) is 1. The quantitative estimate of drug-likeness (QED) is 0.546. The van der Waals surface area contributed by atoms with E-state index in [-0.39, 0.29) is 0 Å². The first-order valence-electron chi connectivity index (χ1n) is 9.56. The minimum Gasteiger partial charge on any atom is -0.314 e. The fourth-order valence-electron chi connectivity index (χ4n) is 4.06. The summed E-state index contributed by atoms with van der Waals surface area (Å²) in [5.74, 6) is 3.00. The highest BCUT2D eigenvalue weighted by Crippen LogP contribution is 2.35. The van der Waals surface area contributed by atoms with E-state index in [0.29, 0.717) is 0 Å². The van der Waals surface area contributed by atoms with Gasteiger partial charge in [-0.3, -0.25) is 0 Å². The fourth-order valence-corrected chi connectivity index (χ4v) is 4.06. The molecule has 0 aromatic rings. The van der Waals surface area contributed by atoms with E-state index in [1.807, 2.05) is 0 Å². The number of hydrogen-bond acceptors (Lipinski definition) is 1. The lowest BCUT2D eigenvalue weighted by atomic mass is 9.79. The van der Waals surface area contributed by atoms with E-state index in [9.17, 15) is 0 Å². The van der Waals surface area contributed by atoms with Gasteiger partial charge in [0.05, 0.1) is 0 Å². The molecular formula is C19H37N. The Labute approximate surface area is 127 Å². The van der Waals surface area contributed by atoms with E-state index in [1.54, 1.807) is 0 Å². The van der Waals surface area contributed by atoms with E-state index in [4.69, 9.17) is 0 Å². The molecule has 2 fully saturated rings. The monoisotopic (exact) mass is 279 g/mol. The first-order chi connectivity index (χ1) is 9.83. The molecule has 0 amide bonds. The Morgan fingerprint density at radius 1 is 0.950 bits per heavy atom. The van der Waals surface area contributed by atoms with Crippen molar-refractivity contribution in [1.82, 2.24) is 5.32 Å². The molecule has 1 nitrogen and oxygen atoms in total. The largest absolute Gasteiger partial charge is 0.314 e. The fraction of sp³-hybridized carbons (Fsp3) is 1.00. The molecule has 3 atom stereocenters. The van der Waals surface area contributed by atoms with Gasteiger partial charge in [0.2, 0.25) is 0 Å². The standard InChI is InChI=1S/C19H37N/c1-3-5-9-16(4-2)14-17-10-7-6-8-11-18(17)15-20-19-12-13-19/h16-20H,3-15H2,1-2H3. The van der Waals surface area contributed by atoms with Crippen LogP contribution in [0, 0.1) is 17.8 Å². The molecule has 0 saturated heterocycles. The number of unbranched alkanes of at least 4 members (excludes halogenated alkanes) is 1. The van der Waals surface area contributed by atoms with Crippen LogP contribution >= 0.6 is 0 Å². The Bertz CT molecular complexity index is 246. The molecule has 3 unspecified atom stereocenters. The van der Waals surface area contributed by atoms with Crippen LogP contribution in [0.3, 0.4) is 0 Å². The topological polar surface area (TPSA) is 12.0 Å². The third-order valence-corrected chi connectivity index (χ3v) is 5.74. The van der Waals surface area contributed by atoms with Crippen molar-refractivity contribution in [1.29, 1.82) is 0 Å². The van der Waals surface area contributed by atoms with Crippen LogP contribution in [-0.4, -0.2) is 12.6 Å². The molecule has 0 aromatic carbocycles. The van der Waals surface area contributed by atoms with E-state index in [2.05, 4.69) is 19.2 Å². The molecule has 20 heavy (non-hydrogen) atoms. The highest BCUT2D eigenvalue weighted by atomic mass is 14.9. The first kappa shape index (κ1) is 16.3. The lowest BCUT2D eigenvalue weighted by Gasteiger charge is -2.29. The molecule has 1 N–H and O–H groups in total. The zero-order chi connectivity index (χ0) is 14.2. The predicted octanol–water partition coefficient (Wildman–Crippen LogP) is 5.54. The van der Waals surface area contributed by atoms with Crippen molar-refractivity contribution < 1.29 is 0 Å². The van der Waals surface area contributed by atoms with Crippen molar-refractivity contribution in [2.45, 2.75) is 96.9 Å². The summed E-state index contributed by atoms with van der Waals surface area (Å²) in [7, 11) is 0. The smallest absolute Gasteiger partial charge is 0.00683 e. The lowest BCUT2D eigenvalue weighted by molar-refractivity contribution is 0.232. The summed E-state index contributed by atoms with van der Waals surface area (Å²) >= 11 is 0. The minimum absolute atomic E-state index is 0.890. The maximum atomic E-state index is 3.82. The van der Waals surface area contributed by atoms with Gasteiger partial charge < -0.3 is 5.32 Å². The Morgan fingerprint density at radius 3 is 2.35 bits per heavy atom. The minimum atomic E-state index is 0.890. The predicted molar refractivity (Wildman–Crippen MR) is 89.0 cm³/mol. The van der Waals surface area contributed by atoms with E-state index >= 15 is 0 Å². The average molecular weight is 280 g/mol. The molecule has 2 rings (SSSR count). The summed E-state index contributed by atoms with van der Waals surface area (Å²) in [6, 6.07) is 0.890. The van der Waals surface area contributed by atoms with Crippen LogP contribution in [0.25, 0.3) is 0 Å². The second-order valence-corrected chi connectivity index (χ2v) is 7.49. The molecule has 0 aliphatic heterocycles. The van der Waals surface area contributed by atoms with Crippen LogP contribution < -0.4 is 5.32 Å². The van der Waals surface area contributed by atoms with Crippen LogP contribution in [0.2, 0.25) is 0 Å². The van der Waals surface area contributed by atoms with E-state index in [0.717, 1.165) is 23.8 Å². The highest BCUT2D eigenvalue weighted by Gasteiger charge is 2.28. The second kappa shape index (κ2) is 9.07. The summed E-state index contributed by atoms with van der Waals surface area (Å²) in [5.41, 5.74) is 0. The molecule has 0 aromatic heterocycles. The summed E-state index contributed by atoms with van der Waals surface area (Å²) in [4.78, 5) is 0. The Hall–Kier alpha value is -0.0400. The molecule has 0 spiro atoms. The van der Waals surface area contributed by atoms with Crippen LogP contribution in [0.5, 0.6) is 0 Å². The van der Waals surface area contributed by atoms with Crippen molar-refractivity contribution in [2.24, 2.45) is 17.8 Å². The third kappa shape index (κ3) is 5.76. The Kier molecular flexibility index (Phi) is 7.41. The summed E-state index contributed by atoms with van der Waals surface area (Å²) in [5, 5.41) is 3.82. The van der Waals surface area contributed by atoms with Gasteiger partial charge in [0.1, 0.15) is 0 Å². The maximum Gasteiger partial charge on any atom is 0.00683 e. The molecule has 0 radical (unpaired) electrons. The maximum absolute atomic E-state index is 3.82. The molecule has 0 bridgehead atoms. The first-order valence-corrected chi connectivity index (χ1v) is 9.56. The van der Waals surface area contributed by atoms with Gasteiger partial charge in [-0.05, 0) is 50.0 Å². The van der Waals surface area contributed by atoms with Crippen molar-refractivity contribution in [3.05, 3.63) is 0 Å². The SMILES string of the molecule is CCCCC(CC)CC1CCCCCC1CNC1CC1. The average Bonchev–Trinajstić information content (AvgIpc) is 3.29. The molecule has 2 saturated carbocycles. The molecule has 2 aliphatic rings. The molecule has 1 heteroatoms. The summed E-state index contributed by atoms with van der Waals surface area (Å²) in [6.45, 7) is 6.06. The van der Waals surface area contributed by atoms with Crippen molar-refractivity contribution in [3.63, 3.8) is 0 Å². The van der Waals surface area contributed by atoms with Crippen LogP contribution in [0.1, 0.15) is 90.9 Å². The van der Waals surface area contributed by atoms with Gasteiger partial charge in [0.25, 0.3) is 0 Å². The molecule has 0 heterocycles. The molecule has 2 aliphatic carbocycles. The van der Waals surface area contributed by atoms with Crippen molar-refractivity contribution in [2.75, 3.05) is 6.54 Å². The van der Waals surface area contributed by atoms with E-state index in [1.165, 1.54) is 83.6 Å². The summed E-state index contributed by atoms with van der Waals surface area (Å²) in [6.07, 6.45) is 17.6. The zero-order valence-corrected chi connectivity index (χ0v) is 14.0. The normalized spacial score (nSPS) is 29.1. The van der Waals surface area contributed by atoms with Gasteiger partial charge in [0.15, 0.2) is 0 Å². The van der Waals surface area contributed by atoms with Crippen LogP contribution in [0.15, 0.2) is 0 Å². The molecule has 118 valence electrons. The van der Waals surface area contributed by atoms with Gasteiger partial charge in [-0.15, -0.1) is 0 Å². The Morgan fingerprint density at radius 2 is 1.70 bits per heavy atom. The van der Waals surface area contributed by atoms with Crippen molar-refractivity contribution >= 4 is 0 Å². The zero-order valence-electron chi connectivity index (χ0n) is 14.0. The number of rotatable bonds is 9.